The number of carbonyl (C=O) groups excluding carboxylic acids is 1. The molecule has 1 amide bonds. The van der Waals surface area contributed by atoms with Crippen molar-refractivity contribution in [2.75, 3.05) is 23.8 Å². The summed E-state index contributed by atoms with van der Waals surface area (Å²) in [7, 11) is -2.25. The quantitative estimate of drug-likeness (QED) is 0.480. The van der Waals surface area contributed by atoms with Gasteiger partial charge in [-0.05, 0) is 79.1 Å². The molecular weight excluding hydrogens is 454 g/mol. The normalized spacial score (nSPS) is 13.9. The topological polar surface area (TPSA) is 118 Å². The van der Waals surface area contributed by atoms with Crippen molar-refractivity contribution in [2.45, 2.75) is 23.2 Å². The summed E-state index contributed by atoms with van der Waals surface area (Å²) in [6.45, 7) is -0.236. The maximum atomic E-state index is 12.6. The molecule has 4 rings (SSSR count). The molecule has 9 heteroatoms. The van der Waals surface area contributed by atoms with Gasteiger partial charge in [-0.15, -0.1) is 0 Å². The van der Waals surface area contributed by atoms with E-state index in [1.807, 2.05) is 12.1 Å². The van der Waals surface area contributed by atoms with Crippen LogP contribution in [0.4, 0.5) is 11.4 Å². The van der Waals surface area contributed by atoms with Crippen LogP contribution in [0.1, 0.15) is 18.4 Å². The summed E-state index contributed by atoms with van der Waals surface area (Å²) in [4.78, 5) is 12.3. The number of amides is 1. The summed E-state index contributed by atoms with van der Waals surface area (Å²) in [6, 6.07) is 21.9. The Labute approximate surface area is 198 Å². The maximum absolute atomic E-state index is 12.6. The van der Waals surface area contributed by atoms with Crippen molar-refractivity contribution in [2.24, 2.45) is 0 Å². The van der Waals surface area contributed by atoms with Gasteiger partial charge in [-0.25, -0.2) is 8.42 Å². The number of benzene rings is 3. The molecule has 1 aliphatic carbocycles. The monoisotopic (exact) mass is 477 g/mol. The van der Waals surface area contributed by atoms with Crippen molar-refractivity contribution in [1.82, 2.24) is 0 Å². The molecule has 34 heavy (non-hydrogen) atoms. The van der Waals surface area contributed by atoms with Crippen LogP contribution in [0.15, 0.2) is 77.7 Å². The summed E-state index contributed by atoms with van der Waals surface area (Å²) < 4.78 is 38.2. The third kappa shape index (κ3) is 5.30. The molecule has 0 radical (unpaired) electrons. The largest absolute Gasteiger partial charge is 0.497 e. The van der Waals surface area contributed by atoms with Crippen LogP contribution in [-0.2, 0) is 20.2 Å². The highest BCUT2D eigenvalue weighted by Crippen LogP contribution is 2.47. The van der Waals surface area contributed by atoms with E-state index in [0.717, 1.165) is 18.4 Å². The van der Waals surface area contributed by atoms with Crippen molar-refractivity contribution in [3.05, 3.63) is 78.4 Å². The molecule has 2 N–H and O–H groups in total. The van der Waals surface area contributed by atoms with Gasteiger partial charge in [-0.1, -0.05) is 12.1 Å². The number of ether oxygens (including phenoxy) is 2. The fourth-order valence-corrected chi connectivity index (χ4v) is 4.46. The number of nitriles is 1. The molecule has 1 saturated carbocycles. The highest BCUT2D eigenvalue weighted by Gasteiger charge is 2.44. The zero-order chi connectivity index (χ0) is 24.2. The average molecular weight is 478 g/mol. The standard InChI is InChI=1S/C25H23N3O5S/c1-32-21-8-6-20(7-9-21)28-34(30,31)23-12-10-22(11-13-23)33-16-24(29)27-19-4-2-18(3-5-19)25(17-26)14-15-25/h2-13,28H,14-16H2,1H3,(H,27,29). The molecule has 0 saturated heterocycles. The third-order valence-corrected chi connectivity index (χ3v) is 6.93. The molecule has 8 nitrogen and oxygen atoms in total. The second kappa shape index (κ2) is 9.45. The number of hydrogen-bond acceptors (Lipinski definition) is 6. The van der Waals surface area contributed by atoms with Crippen molar-refractivity contribution < 1.29 is 22.7 Å². The highest BCUT2D eigenvalue weighted by atomic mass is 32.2. The van der Waals surface area contributed by atoms with Gasteiger partial charge in [0.2, 0.25) is 0 Å². The minimum Gasteiger partial charge on any atom is -0.497 e. The molecule has 174 valence electrons. The number of nitrogens with zero attached hydrogens (tertiary/aromatic N) is 1. The van der Waals surface area contributed by atoms with Crippen LogP contribution in [0.5, 0.6) is 11.5 Å². The summed E-state index contributed by atoms with van der Waals surface area (Å²) in [5, 5.41) is 12.0. The number of methoxy groups -OCH3 is 1. The predicted molar refractivity (Wildman–Crippen MR) is 127 cm³/mol. The number of sulfonamides is 1. The Bertz CT molecular complexity index is 1310. The van der Waals surface area contributed by atoms with E-state index >= 15 is 0 Å². The fourth-order valence-electron chi connectivity index (χ4n) is 3.40. The number of hydrogen-bond donors (Lipinski definition) is 2. The van der Waals surface area contributed by atoms with Gasteiger partial charge in [-0.3, -0.25) is 9.52 Å². The second-order valence-corrected chi connectivity index (χ2v) is 9.60. The van der Waals surface area contributed by atoms with E-state index in [1.165, 1.54) is 31.4 Å². The molecule has 1 aliphatic rings. The molecule has 3 aromatic carbocycles. The van der Waals surface area contributed by atoms with Crippen LogP contribution in [0, 0.1) is 11.3 Å². The Morgan fingerprint density at radius 1 is 0.941 bits per heavy atom. The maximum Gasteiger partial charge on any atom is 0.262 e. The Morgan fingerprint density at radius 2 is 1.53 bits per heavy atom. The van der Waals surface area contributed by atoms with E-state index in [2.05, 4.69) is 16.1 Å². The number of nitrogens with one attached hydrogen (secondary N) is 2. The lowest BCUT2D eigenvalue weighted by Gasteiger charge is -2.11. The van der Waals surface area contributed by atoms with Crippen LogP contribution in [-0.4, -0.2) is 28.0 Å². The highest BCUT2D eigenvalue weighted by molar-refractivity contribution is 7.92. The first-order chi connectivity index (χ1) is 16.3. The zero-order valence-corrected chi connectivity index (χ0v) is 19.3. The van der Waals surface area contributed by atoms with Gasteiger partial charge < -0.3 is 14.8 Å². The Morgan fingerprint density at radius 3 is 2.09 bits per heavy atom. The Hall–Kier alpha value is -4.03. The van der Waals surface area contributed by atoms with Crippen LogP contribution in [0.3, 0.4) is 0 Å². The number of rotatable bonds is 9. The summed E-state index contributed by atoms with van der Waals surface area (Å²) in [6.07, 6.45) is 1.72. The SMILES string of the molecule is COc1ccc(NS(=O)(=O)c2ccc(OCC(=O)Nc3ccc(C4(C#N)CC4)cc3)cc2)cc1. The second-order valence-electron chi connectivity index (χ2n) is 7.91. The van der Waals surface area contributed by atoms with Gasteiger partial charge in [0, 0.05) is 11.4 Å². The predicted octanol–water partition coefficient (Wildman–Crippen LogP) is 4.07. The fraction of sp³-hybridized carbons (Fsp3) is 0.200. The van der Waals surface area contributed by atoms with E-state index in [9.17, 15) is 18.5 Å². The molecular formula is C25H23N3O5S. The van der Waals surface area contributed by atoms with Crippen molar-refractivity contribution in [3.8, 4) is 17.6 Å². The lowest BCUT2D eigenvalue weighted by atomic mass is 9.98. The van der Waals surface area contributed by atoms with E-state index in [0.29, 0.717) is 22.9 Å². The summed E-state index contributed by atoms with van der Waals surface area (Å²) in [5.74, 6) is 0.627. The summed E-state index contributed by atoms with van der Waals surface area (Å²) in [5.41, 5.74) is 1.61. The van der Waals surface area contributed by atoms with E-state index in [-0.39, 0.29) is 22.8 Å². The molecule has 1 fully saturated rings. The van der Waals surface area contributed by atoms with E-state index < -0.39 is 10.0 Å². The van der Waals surface area contributed by atoms with Crippen LogP contribution >= 0.6 is 0 Å². The first kappa shape index (κ1) is 23.1. The molecule has 0 aromatic heterocycles. The Kier molecular flexibility index (Phi) is 6.43. The zero-order valence-electron chi connectivity index (χ0n) is 18.4. The first-order valence-corrected chi connectivity index (χ1v) is 12.0. The van der Waals surface area contributed by atoms with Crippen LogP contribution < -0.4 is 19.5 Å². The van der Waals surface area contributed by atoms with Gasteiger partial charge in [0.05, 0.1) is 23.5 Å². The lowest BCUT2D eigenvalue weighted by molar-refractivity contribution is -0.118. The molecule has 0 spiro atoms. The average Bonchev–Trinajstić information content (AvgIpc) is 3.65. The molecule has 0 heterocycles. The number of anilines is 2. The van der Waals surface area contributed by atoms with Crippen molar-refractivity contribution >= 4 is 27.3 Å². The minimum absolute atomic E-state index is 0.0611. The van der Waals surface area contributed by atoms with Gasteiger partial charge in [0.25, 0.3) is 15.9 Å². The smallest absolute Gasteiger partial charge is 0.262 e. The van der Waals surface area contributed by atoms with E-state index in [1.54, 1.807) is 36.4 Å². The van der Waals surface area contributed by atoms with Crippen molar-refractivity contribution in [1.29, 1.82) is 5.26 Å². The Balaban J connectivity index is 1.30. The van der Waals surface area contributed by atoms with Gasteiger partial charge >= 0.3 is 0 Å². The third-order valence-electron chi connectivity index (χ3n) is 5.53. The van der Waals surface area contributed by atoms with Gasteiger partial charge in [0.15, 0.2) is 6.61 Å². The molecule has 0 bridgehead atoms. The summed E-state index contributed by atoms with van der Waals surface area (Å²) >= 11 is 0. The lowest BCUT2D eigenvalue weighted by Crippen LogP contribution is -2.20. The number of carbonyl (C=O) groups is 1. The molecule has 3 aromatic rings. The molecule has 0 atom stereocenters. The van der Waals surface area contributed by atoms with Gasteiger partial charge in [0.1, 0.15) is 11.5 Å². The minimum atomic E-state index is -3.78. The first-order valence-electron chi connectivity index (χ1n) is 10.5. The molecule has 0 aliphatic heterocycles. The van der Waals surface area contributed by atoms with Crippen LogP contribution in [0.2, 0.25) is 0 Å². The van der Waals surface area contributed by atoms with Gasteiger partial charge in [-0.2, -0.15) is 5.26 Å². The van der Waals surface area contributed by atoms with Crippen molar-refractivity contribution in [3.63, 3.8) is 0 Å². The van der Waals surface area contributed by atoms with Crippen LogP contribution in [0.25, 0.3) is 0 Å². The molecule has 0 unspecified atom stereocenters. The van der Waals surface area contributed by atoms with E-state index in [4.69, 9.17) is 9.47 Å².